The van der Waals surface area contributed by atoms with E-state index < -0.39 is 10.8 Å². The van der Waals surface area contributed by atoms with Crippen molar-refractivity contribution < 1.29 is 8.95 Å². The molecule has 2 aliphatic rings. The van der Waals surface area contributed by atoms with Crippen molar-refractivity contribution in [3.8, 4) is 5.88 Å². The average Bonchev–Trinajstić information content (AvgIpc) is 3.50. The number of hydrogen-bond donors (Lipinski definition) is 2. The van der Waals surface area contributed by atoms with Crippen LogP contribution in [0.25, 0.3) is 10.8 Å². The number of nitrogens with zero attached hydrogens (tertiary/aromatic N) is 2. The van der Waals surface area contributed by atoms with E-state index in [-0.39, 0.29) is 17.4 Å². The van der Waals surface area contributed by atoms with Crippen LogP contribution >= 0.6 is 24.4 Å². The summed E-state index contributed by atoms with van der Waals surface area (Å²) in [7, 11) is -0.750. The molecule has 2 saturated carbocycles. The van der Waals surface area contributed by atoms with Gasteiger partial charge >= 0.3 is 0 Å². The van der Waals surface area contributed by atoms with Gasteiger partial charge in [-0.05, 0) is 54.5 Å². The Morgan fingerprint density at radius 1 is 1.23 bits per heavy atom. The number of aromatic nitrogens is 2. The molecule has 2 aliphatic carbocycles. The molecule has 2 unspecified atom stereocenters. The summed E-state index contributed by atoms with van der Waals surface area (Å²) >= 11 is 10.5. The Morgan fingerprint density at radius 3 is 2.47 bits per heavy atom. The quantitative estimate of drug-likeness (QED) is 0.413. The Morgan fingerprint density at radius 2 is 1.90 bits per heavy atom. The second-order valence-corrected chi connectivity index (χ2v) is 11.4. The minimum atomic E-state index is -0.750. The van der Waals surface area contributed by atoms with Gasteiger partial charge in [-0.2, -0.15) is 0 Å². The summed E-state index contributed by atoms with van der Waals surface area (Å²) in [5.74, 6) is 2.69. The molecule has 2 aromatic rings. The fraction of sp³-hybridized carbons (Fsp3) is 0.636. The standard InChI is InChI=1S/C18H22ClN3O2S2.C4H10/c1-2-26(23)12-5-11(6-12)24-18-15-9-20-16(19)7-13(15)14(8-21-18)17(22-25)10-3-4-10;1-4(2)3/h7-12,17,22,25H,2-6H2,1H3;4H,1-3H3. The summed E-state index contributed by atoms with van der Waals surface area (Å²) in [5, 5.41) is 2.56. The Hall–Kier alpha value is -0.890. The molecule has 8 heteroatoms. The number of hydrogen-bond acceptors (Lipinski definition) is 6. The Labute approximate surface area is 192 Å². The molecule has 5 nitrogen and oxygen atoms in total. The first kappa shape index (κ1) is 23.8. The number of thiol groups is 1. The van der Waals surface area contributed by atoms with E-state index in [2.05, 4.69) is 48.3 Å². The van der Waals surface area contributed by atoms with Crippen LogP contribution in [0.5, 0.6) is 5.88 Å². The maximum absolute atomic E-state index is 11.9. The van der Waals surface area contributed by atoms with Crippen LogP contribution in [-0.2, 0) is 10.8 Å². The number of pyridine rings is 2. The monoisotopic (exact) mass is 469 g/mol. The lowest BCUT2D eigenvalue weighted by Crippen LogP contribution is -2.41. The number of rotatable bonds is 7. The third-order valence-corrected chi connectivity index (χ3v) is 7.47. The molecule has 30 heavy (non-hydrogen) atoms. The largest absolute Gasteiger partial charge is 0.474 e. The van der Waals surface area contributed by atoms with Crippen molar-refractivity contribution in [3.63, 3.8) is 0 Å². The summed E-state index contributed by atoms with van der Waals surface area (Å²) < 4.78 is 21.1. The molecule has 0 aromatic carbocycles. The van der Waals surface area contributed by atoms with E-state index in [1.54, 1.807) is 6.20 Å². The SMILES string of the molecule is CC(C)C.CCS(=O)C1CC(Oc2ncc(C(NS)C3CC3)c3cc(Cl)ncc23)C1. The van der Waals surface area contributed by atoms with Gasteiger partial charge in [-0.15, -0.1) is 0 Å². The smallest absolute Gasteiger partial charge is 0.223 e. The molecule has 2 heterocycles. The molecule has 2 atom stereocenters. The highest BCUT2D eigenvalue weighted by molar-refractivity contribution is 7.85. The van der Waals surface area contributed by atoms with Gasteiger partial charge in [-0.25, -0.2) is 9.97 Å². The molecule has 166 valence electrons. The Bertz CT molecular complexity index is 883. The van der Waals surface area contributed by atoms with Gasteiger partial charge < -0.3 is 4.74 Å². The zero-order valence-corrected chi connectivity index (χ0v) is 20.6. The number of ether oxygens (including phenoxy) is 1. The van der Waals surface area contributed by atoms with Crippen molar-refractivity contribution in [3.05, 3.63) is 29.2 Å². The second kappa shape index (κ2) is 10.6. The van der Waals surface area contributed by atoms with Crippen LogP contribution in [0.4, 0.5) is 0 Å². The van der Waals surface area contributed by atoms with Crippen molar-refractivity contribution in [2.24, 2.45) is 11.8 Å². The maximum atomic E-state index is 11.9. The van der Waals surface area contributed by atoms with Gasteiger partial charge in [0.1, 0.15) is 11.3 Å². The Kier molecular flexibility index (Phi) is 8.41. The summed E-state index contributed by atoms with van der Waals surface area (Å²) in [6.45, 7) is 8.46. The highest BCUT2D eigenvalue weighted by atomic mass is 35.5. The van der Waals surface area contributed by atoms with Crippen LogP contribution in [-0.4, -0.2) is 31.3 Å². The molecule has 0 bridgehead atoms. The van der Waals surface area contributed by atoms with Gasteiger partial charge in [-0.1, -0.05) is 52.1 Å². The van der Waals surface area contributed by atoms with Crippen molar-refractivity contribution >= 4 is 46.0 Å². The van der Waals surface area contributed by atoms with Crippen LogP contribution < -0.4 is 9.46 Å². The summed E-state index contributed by atoms with van der Waals surface area (Å²) in [6, 6.07) is 2.01. The lowest BCUT2D eigenvalue weighted by atomic mass is 9.95. The number of fused-ring (bicyclic) bond motifs is 1. The molecule has 0 radical (unpaired) electrons. The van der Waals surface area contributed by atoms with E-state index in [0.717, 1.165) is 35.1 Å². The molecule has 0 aliphatic heterocycles. The van der Waals surface area contributed by atoms with Gasteiger partial charge in [0.2, 0.25) is 5.88 Å². The van der Waals surface area contributed by atoms with E-state index >= 15 is 0 Å². The zero-order chi connectivity index (χ0) is 21.8. The van der Waals surface area contributed by atoms with Crippen LogP contribution in [0, 0.1) is 11.8 Å². The highest BCUT2D eigenvalue weighted by Gasteiger charge is 2.36. The molecule has 1 N–H and O–H groups in total. The fourth-order valence-corrected chi connectivity index (χ4v) is 5.37. The fourth-order valence-electron chi connectivity index (χ4n) is 3.53. The molecule has 0 spiro atoms. The van der Waals surface area contributed by atoms with Gasteiger partial charge in [0, 0.05) is 40.2 Å². The van der Waals surface area contributed by atoms with E-state index in [9.17, 15) is 4.21 Å². The predicted octanol–water partition coefficient (Wildman–Crippen LogP) is 5.51. The third kappa shape index (κ3) is 5.87. The topological polar surface area (TPSA) is 64.1 Å². The van der Waals surface area contributed by atoms with Crippen LogP contribution in [0.2, 0.25) is 5.15 Å². The average molecular weight is 470 g/mol. The van der Waals surface area contributed by atoms with Crippen molar-refractivity contribution in [1.29, 1.82) is 0 Å². The van der Waals surface area contributed by atoms with E-state index in [1.165, 1.54) is 12.8 Å². The molecule has 2 aromatic heterocycles. The molecule has 0 saturated heterocycles. The first-order valence-electron chi connectivity index (χ1n) is 10.7. The van der Waals surface area contributed by atoms with E-state index in [4.69, 9.17) is 16.3 Å². The number of nitrogens with one attached hydrogen (secondary N) is 1. The number of halogens is 1. The first-order valence-corrected chi connectivity index (χ1v) is 12.9. The van der Waals surface area contributed by atoms with Crippen LogP contribution in [0.3, 0.4) is 0 Å². The zero-order valence-electron chi connectivity index (χ0n) is 18.1. The Balaban J connectivity index is 0.000000589. The van der Waals surface area contributed by atoms with Crippen molar-refractivity contribution in [2.75, 3.05) is 5.75 Å². The lowest BCUT2D eigenvalue weighted by Gasteiger charge is -2.34. The second-order valence-electron chi connectivity index (χ2n) is 8.75. The highest BCUT2D eigenvalue weighted by Crippen LogP contribution is 2.44. The molecule has 4 rings (SSSR count). The first-order chi connectivity index (χ1) is 14.3. The van der Waals surface area contributed by atoms with Gasteiger partial charge in [0.25, 0.3) is 0 Å². The lowest BCUT2D eigenvalue weighted by molar-refractivity contribution is 0.121. The molecular formula is C22H32ClN3O2S2. The summed E-state index contributed by atoms with van der Waals surface area (Å²) in [4.78, 5) is 8.79. The minimum Gasteiger partial charge on any atom is -0.474 e. The maximum Gasteiger partial charge on any atom is 0.223 e. The normalized spacial score (nSPS) is 22.8. The molecule has 0 amide bonds. The summed E-state index contributed by atoms with van der Waals surface area (Å²) in [6.07, 6.45) is 7.66. The van der Waals surface area contributed by atoms with Crippen LogP contribution in [0.1, 0.15) is 65.0 Å². The molecule has 2 fully saturated rings. The molecular weight excluding hydrogens is 438 g/mol. The van der Waals surface area contributed by atoms with Crippen molar-refractivity contribution in [1.82, 2.24) is 14.7 Å². The van der Waals surface area contributed by atoms with Gasteiger partial charge in [0.05, 0.1) is 5.39 Å². The van der Waals surface area contributed by atoms with Gasteiger partial charge in [0.15, 0.2) is 0 Å². The van der Waals surface area contributed by atoms with E-state index in [1.807, 2.05) is 19.2 Å². The third-order valence-electron chi connectivity index (χ3n) is 5.29. The summed E-state index contributed by atoms with van der Waals surface area (Å²) in [5.41, 5.74) is 1.08. The van der Waals surface area contributed by atoms with E-state index in [0.29, 0.717) is 22.7 Å². The predicted molar refractivity (Wildman–Crippen MR) is 129 cm³/mol. The van der Waals surface area contributed by atoms with Crippen LogP contribution in [0.15, 0.2) is 18.5 Å². The van der Waals surface area contributed by atoms with Gasteiger partial charge in [-0.3, -0.25) is 8.93 Å². The van der Waals surface area contributed by atoms with Crippen molar-refractivity contribution in [2.45, 2.75) is 70.8 Å². The minimum absolute atomic E-state index is 0.0648.